The monoisotopic (exact) mass is 350 g/mol. The molecular weight excluding hydrogens is 336 g/mol. The van der Waals surface area contributed by atoms with Gasteiger partial charge in [-0.2, -0.15) is 0 Å². The van der Waals surface area contributed by atoms with Crippen LogP contribution in [0.5, 0.6) is 11.5 Å². The first-order valence-electron chi connectivity index (χ1n) is 6.30. The second kappa shape index (κ2) is 6.63. The van der Waals surface area contributed by atoms with Crippen LogP contribution in [0.2, 0.25) is 0 Å². The third kappa shape index (κ3) is 3.76. The summed E-state index contributed by atoms with van der Waals surface area (Å²) in [6.07, 6.45) is 0. The minimum Gasteiger partial charge on any atom is -0.497 e. The Kier molecular flexibility index (Phi) is 4.85. The number of halogens is 1. The number of ether oxygens (including phenoxy) is 2. The molecule has 0 saturated carbocycles. The first-order chi connectivity index (χ1) is 10.0. The zero-order valence-corrected chi connectivity index (χ0v) is 13.3. The zero-order valence-electron chi connectivity index (χ0n) is 11.7. The third-order valence-electron chi connectivity index (χ3n) is 3.08. The summed E-state index contributed by atoms with van der Waals surface area (Å²) in [7, 11) is 1.61. The highest BCUT2D eigenvalue weighted by Gasteiger charge is 2.08. The van der Waals surface area contributed by atoms with Crippen LogP contribution in [0, 0.1) is 6.92 Å². The number of hydrogen-bond acceptors (Lipinski definition) is 3. The Hall–Kier alpha value is -2.01. The summed E-state index contributed by atoms with van der Waals surface area (Å²) in [5.74, 6) is 0.455. The van der Waals surface area contributed by atoms with Gasteiger partial charge in [-0.15, -0.1) is 0 Å². The molecule has 21 heavy (non-hydrogen) atoms. The normalized spacial score (nSPS) is 10.2. The van der Waals surface area contributed by atoms with E-state index < -0.39 is 5.97 Å². The Balaban J connectivity index is 2.13. The summed E-state index contributed by atoms with van der Waals surface area (Å²) in [6, 6.07) is 10.6. The molecule has 0 fully saturated rings. The molecular formula is C16H15BrO4. The highest BCUT2D eigenvalue weighted by molar-refractivity contribution is 9.10. The van der Waals surface area contributed by atoms with Crippen LogP contribution in [0.4, 0.5) is 0 Å². The lowest BCUT2D eigenvalue weighted by molar-refractivity contribution is 0.0696. The van der Waals surface area contributed by atoms with E-state index in [1.54, 1.807) is 32.2 Å². The van der Waals surface area contributed by atoms with Crippen molar-refractivity contribution in [2.45, 2.75) is 13.5 Å². The van der Waals surface area contributed by atoms with Crippen LogP contribution in [-0.2, 0) is 6.61 Å². The first kappa shape index (κ1) is 15.4. The van der Waals surface area contributed by atoms with Crippen molar-refractivity contribution in [1.82, 2.24) is 0 Å². The van der Waals surface area contributed by atoms with E-state index in [4.69, 9.17) is 14.6 Å². The zero-order chi connectivity index (χ0) is 15.4. The molecule has 4 nitrogen and oxygen atoms in total. The van der Waals surface area contributed by atoms with Gasteiger partial charge in [0.15, 0.2) is 0 Å². The largest absolute Gasteiger partial charge is 0.497 e. The summed E-state index contributed by atoms with van der Waals surface area (Å²) in [5.41, 5.74) is 1.91. The molecule has 0 amide bonds. The van der Waals surface area contributed by atoms with E-state index in [2.05, 4.69) is 15.9 Å². The molecule has 2 aromatic rings. The van der Waals surface area contributed by atoms with E-state index in [1.807, 2.05) is 18.2 Å². The van der Waals surface area contributed by atoms with Crippen molar-refractivity contribution in [1.29, 1.82) is 0 Å². The van der Waals surface area contributed by atoms with E-state index in [0.717, 1.165) is 15.8 Å². The Morgan fingerprint density at radius 1 is 1.19 bits per heavy atom. The summed E-state index contributed by atoms with van der Waals surface area (Å²) in [4.78, 5) is 11.0. The van der Waals surface area contributed by atoms with Gasteiger partial charge in [-0.3, -0.25) is 0 Å². The fraction of sp³-hybridized carbons (Fsp3) is 0.188. The molecule has 0 saturated heterocycles. The van der Waals surface area contributed by atoms with Crippen LogP contribution < -0.4 is 9.47 Å². The predicted octanol–water partition coefficient (Wildman–Crippen LogP) is 4.04. The molecule has 2 rings (SSSR count). The quantitative estimate of drug-likeness (QED) is 0.883. The van der Waals surface area contributed by atoms with Crippen molar-refractivity contribution in [3.05, 3.63) is 57.6 Å². The van der Waals surface area contributed by atoms with Crippen LogP contribution in [0.15, 0.2) is 40.9 Å². The molecule has 1 N–H and O–H groups in total. The number of benzene rings is 2. The standard InChI is InChI=1S/C16H15BrO4/c1-10-7-13(3-5-14(10)16(18)19)21-9-11-8-12(20-2)4-6-15(11)17/h3-8H,9H2,1-2H3,(H,18,19). The topological polar surface area (TPSA) is 55.8 Å². The highest BCUT2D eigenvalue weighted by Crippen LogP contribution is 2.25. The third-order valence-corrected chi connectivity index (χ3v) is 3.85. The fourth-order valence-corrected chi connectivity index (χ4v) is 2.28. The van der Waals surface area contributed by atoms with Crippen LogP contribution >= 0.6 is 15.9 Å². The molecule has 0 atom stereocenters. The molecule has 0 aliphatic carbocycles. The van der Waals surface area contributed by atoms with Gasteiger partial charge in [0.05, 0.1) is 12.7 Å². The van der Waals surface area contributed by atoms with Crippen LogP contribution in [0.3, 0.4) is 0 Å². The van der Waals surface area contributed by atoms with Crippen molar-refractivity contribution in [2.75, 3.05) is 7.11 Å². The van der Waals surface area contributed by atoms with Gasteiger partial charge >= 0.3 is 5.97 Å². The summed E-state index contributed by atoms with van der Waals surface area (Å²) in [6.45, 7) is 2.11. The van der Waals surface area contributed by atoms with Gasteiger partial charge in [-0.1, -0.05) is 15.9 Å². The van der Waals surface area contributed by atoms with Crippen molar-refractivity contribution < 1.29 is 19.4 Å². The number of methoxy groups -OCH3 is 1. The van der Waals surface area contributed by atoms with Crippen molar-refractivity contribution in [3.63, 3.8) is 0 Å². The first-order valence-corrected chi connectivity index (χ1v) is 7.09. The minimum atomic E-state index is -0.936. The molecule has 0 unspecified atom stereocenters. The molecule has 0 radical (unpaired) electrons. The maximum Gasteiger partial charge on any atom is 0.335 e. The lowest BCUT2D eigenvalue weighted by Gasteiger charge is -2.11. The fourth-order valence-electron chi connectivity index (χ4n) is 1.92. The molecule has 0 heterocycles. The second-order valence-electron chi connectivity index (χ2n) is 4.53. The van der Waals surface area contributed by atoms with Crippen molar-refractivity contribution >= 4 is 21.9 Å². The van der Waals surface area contributed by atoms with Gasteiger partial charge in [0.2, 0.25) is 0 Å². The number of carboxylic acids is 1. The van der Waals surface area contributed by atoms with Crippen LogP contribution in [-0.4, -0.2) is 18.2 Å². The lowest BCUT2D eigenvalue weighted by atomic mass is 10.1. The Labute approximate surface area is 131 Å². The Bertz CT molecular complexity index is 667. The van der Waals surface area contributed by atoms with Crippen LogP contribution in [0.1, 0.15) is 21.5 Å². The number of carboxylic acid groups (broad SMARTS) is 1. The number of aryl methyl sites for hydroxylation is 1. The van der Waals surface area contributed by atoms with Gasteiger partial charge in [-0.25, -0.2) is 4.79 Å². The van der Waals surface area contributed by atoms with Gasteiger partial charge < -0.3 is 14.6 Å². The van der Waals surface area contributed by atoms with Gasteiger partial charge in [0.25, 0.3) is 0 Å². The number of carbonyl (C=O) groups is 1. The maximum absolute atomic E-state index is 11.0. The van der Waals surface area contributed by atoms with Gasteiger partial charge in [0.1, 0.15) is 18.1 Å². The van der Waals surface area contributed by atoms with Gasteiger partial charge in [0, 0.05) is 10.0 Å². The van der Waals surface area contributed by atoms with E-state index in [0.29, 0.717) is 17.9 Å². The molecule has 2 aromatic carbocycles. The Morgan fingerprint density at radius 2 is 1.90 bits per heavy atom. The number of hydrogen-bond donors (Lipinski definition) is 1. The molecule has 5 heteroatoms. The van der Waals surface area contributed by atoms with E-state index in [9.17, 15) is 4.79 Å². The van der Waals surface area contributed by atoms with E-state index in [-0.39, 0.29) is 5.56 Å². The highest BCUT2D eigenvalue weighted by atomic mass is 79.9. The summed E-state index contributed by atoms with van der Waals surface area (Å²) in [5, 5.41) is 9.00. The average Bonchev–Trinajstić information content (AvgIpc) is 2.46. The van der Waals surface area contributed by atoms with Crippen molar-refractivity contribution in [3.8, 4) is 11.5 Å². The van der Waals surface area contributed by atoms with Gasteiger partial charge in [-0.05, 0) is 48.9 Å². The molecule has 0 spiro atoms. The van der Waals surface area contributed by atoms with E-state index in [1.165, 1.54) is 0 Å². The molecule has 0 bridgehead atoms. The molecule has 0 aromatic heterocycles. The SMILES string of the molecule is COc1ccc(Br)c(COc2ccc(C(=O)O)c(C)c2)c1. The number of rotatable bonds is 5. The molecule has 0 aliphatic heterocycles. The maximum atomic E-state index is 11.0. The summed E-state index contributed by atoms with van der Waals surface area (Å²) >= 11 is 3.47. The molecule has 110 valence electrons. The minimum absolute atomic E-state index is 0.282. The second-order valence-corrected chi connectivity index (χ2v) is 5.38. The van der Waals surface area contributed by atoms with E-state index >= 15 is 0 Å². The average molecular weight is 351 g/mol. The number of aromatic carboxylic acids is 1. The molecule has 0 aliphatic rings. The predicted molar refractivity (Wildman–Crippen MR) is 83.2 cm³/mol. The smallest absolute Gasteiger partial charge is 0.335 e. The van der Waals surface area contributed by atoms with Crippen LogP contribution in [0.25, 0.3) is 0 Å². The summed E-state index contributed by atoms with van der Waals surface area (Å²) < 4.78 is 11.8. The lowest BCUT2D eigenvalue weighted by Crippen LogP contribution is -2.01. The Morgan fingerprint density at radius 3 is 2.52 bits per heavy atom. The van der Waals surface area contributed by atoms with Crippen molar-refractivity contribution in [2.24, 2.45) is 0 Å².